The van der Waals surface area contributed by atoms with Crippen LogP contribution in [0.5, 0.6) is 0 Å². The molecule has 0 aliphatic carbocycles. The van der Waals surface area contributed by atoms with Gasteiger partial charge in [-0.05, 0) is 56.9 Å². The number of carboxylic acid groups (broad SMARTS) is 1. The molecule has 1 saturated heterocycles. The lowest BCUT2D eigenvalue weighted by atomic mass is 9.99. The molecular formula is C25H37NO5. The Hall–Kier alpha value is -2.86. The van der Waals surface area contributed by atoms with Crippen molar-refractivity contribution in [1.29, 1.82) is 0 Å². The van der Waals surface area contributed by atoms with E-state index in [-0.39, 0.29) is 11.7 Å². The Bertz CT molecular complexity index is 796. The molecule has 0 radical (unpaired) electrons. The van der Waals surface area contributed by atoms with Crippen molar-refractivity contribution in [3.05, 3.63) is 60.7 Å². The van der Waals surface area contributed by atoms with E-state index in [1.807, 2.05) is 27.7 Å². The van der Waals surface area contributed by atoms with E-state index in [0.29, 0.717) is 6.10 Å². The first-order valence-electron chi connectivity index (χ1n) is 10.3. The zero-order chi connectivity index (χ0) is 23.9. The number of amides is 1. The number of ether oxygens (including phenoxy) is 2. The average Bonchev–Trinajstić information content (AvgIpc) is 3.21. The van der Waals surface area contributed by atoms with Gasteiger partial charge in [-0.3, -0.25) is 4.79 Å². The highest BCUT2D eigenvalue weighted by atomic mass is 16.6. The van der Waals surface area contributed by atoms with Crippen LogP contribution in [0.1, 0.15) is 59.1 Å². The summed E-state index contributed by atoms with van der Waals surface area (Å²) in [4.78, 5) is 19.5. The van der Waals surface area contributed by atoms with Crippen molar-refractivity contribution in [3.63, 3.8) is 0 Å². The summed E-state index contributed by atoms with van der Waals surface area (Å²) in [6, 6.07) is 15.0. The standard InChI is InChI=1S/C14H14O.C6H13NO2.C3H6.C2H4O2/c1-2-7-12-11(5-1)6-3-8-13(12)14-9-4-10-15-14;1-6(2,3)9-5(8)7-4;1-3-2;1-2(3)4/h1-3,5-8,14H,4,9-10H2;1-4H3,(H,7,8);3H,1H2,2H3;1H3,(H,3,4)/t14-;;;/m1.../s1. The molecule has 6 nitrogen and oxygen atoms in total. The molecule has 1 aliphatic heterocycles. The summed E-state index contributed by atoms with van der Waals surface area (Å²) in [6.45, 7) is 12.7. The van der Waals surface area contributed by atoms with Gasteiger partial charge in [0.25, 0.3) is 5.97 Å². The van der Waals surface area contributed by atoms with Crippen molar-refractivity contribution in [2.24, 2.45) is 0 Å². The molecule has 1 aliphatic rings. The second-order valence-corrected chi connectivity index (χ2v) is 7.75. The zero-order valence-electron chi connectivity index (χ0n) is 19.6. The minimum absolute atomic E-state index is 0.316. The van der Waals surface area contributed by atoms with Crippen LogP contribution in [0.4, 0.5) is 4.79 Å². The molecule has 0 spiro atoms. The molecule has 1 amide bonds. The monoisotopic (exact) mass is 431 g/mol. The normalized spacial score (nSPS) is 14.5. The van der Waals surface area contributed by atoms with Gasteiger partial charge >= 0.3 is 6.09 Å². The van der Waals surface area contributed by atoms with E-state index in [0.717, 1.165) is 20.0 Å². The topological polar surface area (TPSA) is 84.9 Å². The highest BCUT2D eigenvalue weighted by Gasteiger charge is 2.19. The highest BCUT2D eigenvalue weighted by Crippen LogP contribution is 2.33. The van der Waals surface area contributed by atoms with Crippen molar-refractivity contribution in [1.82, 2.24) is 5.32 Å². The van der Waals surface area contributed by atoms with Crippen molar-refractivity contribution in [2.75, 3.05) is 13.7 Å². The van der Waals surface area contributed by atoms with Gasteiger partial charge in [-0.15, -0.1) is 6.58 Å². The third-order valence-corrected chi connectivity index (χ3v) is 3.70. The fourth-order valence-electron chi connectivity index (χ4n) is 2.68. The van der Waals surface area contributed by atoms with Crippen molar-refractivity contribution < 1.29 is 24.2 Å². The maximum atomic E-state index is 10.5. The molecule has 0 aromatic heterocycles. The maximum absolute atomic E-state index is 10.5. The van der Waals surface area contributed by atoms with Crippen LogP contribution in [0.2, 0.25) is 0 Å². The Labute approximate surface area is 186 Å². The second-order valence-electron chi connectivity index (χ2n) is 7.75. The molecule has 0 unspecified atom stereocenters. The smallest absolute Gasteiger partial charge is 0.407 e. The summed E-state index contributed by atoms with van der Waals surface area (Å²) in [5.74, 6) is -0.833. The Kier molecular flexibility index (Phi) is 13.6. The largest absolute Gasteiger partial charge is 0.481 e. The number of benzene rings is 2. The summed E-state index contributed by atoms with van der Waals surface area (Å²) >= 11 is 0. The minimum atomic E-state index is -0.833. The van der Waals surface area contributed by atoms with Gasteiger partial charge < -0.3 is 19.9 Å². The lowest BCUT2D eigenvalue weighted by molar-refractivity contribution is -0.134. The lowest BCUT2D eigenvalue weighted by Crippen LogP contribution is -2.30. The van der Waals surface area contributed by atoms with Crippen LogP contribution in [0.25, 0.3) is 10.8 Å². The Balaban J connectivity index is 0.000000483. The first-order valence-corrected chi connectivity index (χ1v) is 10.3. The van der Waals surface area contributed by atoms with E-state index in [9.17, 15) is 4.79 Å². The molecule has 3 rings (SSSR count). The van der Waals surface area contributed by atoms with Gasteiger partial charge in [0.1, 0.15) is 5.60 Å². The average molecular weight is 432 g/mol. The van der Waals surface area contributed by atoms with E-state index in [1.165, 1.54) is 29.8 Å². The Morgan fingerprint density at radius 3 is 2.19 bits per heavy atom. The number of rotatable bonds is 1. The number of fused-ring (bicyclic) bond motifs is 1. The number of allylic oxidation sites excluding steroid dienone is 1. The maximum Gasteiger partial charge on any atom is 0.407 e. The molecule has 1 atom stereocenters. The van der Waals surface area contributed by atoms with Gasteiger partial charge in [0, 0.05) is 20.6 Å². The number of hydrogen-bond donors (Lipinski definition) is 2. The second kappa shape index (κ2) is 15.0. The van der Waals surface area contributed by atoms with Crippen molar-refractivity contribution in [2.45, 2.75) is 59.2 Å². The van der Waals surface area contributed by atoms with Gasteiger partial charge in [-0.2, -0.15) is 0 Å². The van der Waals surface area contributed by atoms with Crippen molar-refractivity contribution in [3.8, 4) is 0 Å². The number of aliphatic carboxylic acids is 1. The number of hydrogen-bond acceptors (Lipinski definition) is 4. The molecule has 1 fully saturated rings. The van der Waals surface area contributed by atoms with E-state index < -0.39 is 5.97 Å². The molecule has 2 aromatic rings. The van der Waals surface area contributed by atoms with E-state index >= 15 is 0 Å². The summed E-state index contributed by atoms with van der Waals surface area (Å²) < 4.78 is 10.6. The Morgan fingerprint density at radius 2 is 1.74 bits per heavy atom. The van der Waals surface area contributed by atoms with Gasteiger partial charge in [-0.25, -0.2) is 4.79 Å². The van der Waals surface area contributed by atoms with Crippen LogP contribution < -0.4 is 5.32 Å². The quantitative estimate of drug-likeness (QED) is 0.532. The fraction of sp³-hybridized carbons (Fsp3) is 0.440. The highest BCUT2D eigenvalue weighted by molar-refractivity contribution is 5.86. The van der Waals surface area contributed by atoms with E-state index in [1.54, 1.807) is 6.08 Å². The first kappa shape index (κ1) is 28.1. The predicted molar refractivity (Wildman–Crippen MR) is 126 cm³/mol. The lowest BCUT2D eigenvalue weighted by Gasteiger charge is -2.18. The number of carboxylic acids is 1. The molecular weight excluding hydrogens is 394 g/mol. The first-order chi connectivity index (χ1) is 14.6. The van der Waals surface area contributed by atoms with Crippen LogP contribution in [-0.2, 0) is 14.3 Å². The third-order valence-electron chi connectivity index (χ3n) is 3.70. The summed E-state index contributed by atoms with van der Waals surface area (Å²) in [7, 11) is 1.54. The van der Waals surface area contributed by atoms with Gasteiger partial charge in [0.2, 0.25) is 0 Å². The summed E-state index contributed by atoms with van der Waals surface area (Å²) in [5.41, 5.74) is 0.964. The molecule has 6 heteroatoms. The summed E-state index contributed by atoms with van der Waals surface area (Å²) in [6.07, 6.45) is 4.03. The summed E-state index contributed by atoms with van der Waals surface area (Å²) in [5, 5.41) is 12.4. The van der Waals surface area contributed by atoms with Crippen LogP contribution in [0.15, 0.2) is 55.1 Å². The molecule has 2 N–H and O–H groups in total. The number of alkyl carbamates (subject to hydrolysis) is 1. The minimum Gasteiger partial charge on any atom is -0.481 e. The van der Waals surface area contributed by atoms with Gasteiger partial charge in [0.05, 0.1) is 6.10 Å². The van der Waals surface area contributed by atoms with Gasteiger partial charge in [-0.1, -0.05) is 48.5 Å². The molecule has 172 valence electrons. The van der Waals surface area contributed by atoms with Crippen LogP contribution in [0.3, 0.4) is 0 Å². The fourth-order valence-corrected chi connectivity index (χ4v) is 2.68. The van der Waals surface area contributed by atoms with E-state index in [4.69, 9.17) is 19.4 Å². The zero-order valence-corrected chi connectivity index (χ0v) is 19.6. The molecule has 1 heterocycles. The number of carbonyl (C=O) groups is 2. The number of carbonyl (C=O) groups excluding carboxylic acids is 1. The van der Waals surface area contributed by atoms with Crippen LogP contribution in [-0.4, -0.2) is 36.4 Å². The SMILES string of the molecule is C=CC.CC(=O)O.CNC(=O)OC(C)(C)C.c1ccc2c([C@H]3CCCO3)cccc2c1. The predicted octanol–water partition coefficient (Wildman–Crippen LogP) is 6.12. The Morgan fingerprint density at radius 1 is 1.19 bits per heavy atom. The molecule has 2 aromatic carbocycles. The molecule has 0 bridgehead atoms. The van der Waals surface area contributed by atoms with Gasteiger partial charge in [0.15, 0.2) is 0 Å². The third kappa shape index (κ3) is 13.1. The molecule has 0 saturated carbocycles. The number of nitrogens with one attached hydrogen (secondary N) is 1. The van der Waals surface area contributed by atoms with Crippen molar-refractivity contribution >= 4 is 22.8 Å². The molecule has 31 heavy (non-hydrogen) atoms. The van der Waals surface area contributed by atoms with Crippen LogP contribution in [0, 0.1) is 0 Å². The van der Waals surface area contributed by atoms with E-state index in [2.05, 4.69) is 54.4 Å². The van der Waals surface area contributed by atoms with Crippen LogP contribution >= 0.6 is 0 Å².